The number of amides is 1. The van der Waals surface area contributed by atoms with Crippen LogP contribution in [-0.4, -0.2) is 102 Å². The first-order valence-corrected chi connectivity index (χ1v) is 12.8. The molecule has 3 aliphatic heterocycles. The van der Waals surface area contributed by atoms with Crippen molar-refractivity contribution < 1.29 is 29.2 Å². The fourth-order valence-electron chi connectivity index (χ4n) is 5.39. The van der Waals surface area contributed by atoms with E-state index in [0.717, 1.165) is 39.8 Å². The molecule has 0 bridgehead atoms. The van der Waals surface area contributed by atoms with Crippen LogP contribution in [-0.2, 0) is 14.3 Å². The molecule has 2 saturated heterocycles. The molecule has 10 heteroatoms. The second kappa shape index (κ2) is 10.3. The van der Waals surface area contributed by atoms with E-state index in [-0.39, 0.29) is 30.8 Å². The van der Waals surface area contributed by atoms with Crippen LogP contribution >= 0.6 is 0 Å². The molecular formula is C28H30N4O6. The van der Waals surface area contributed by atoms with Crippen molar-refractivity contribution >= 4 is 28.7 Å². The molecule has 198 valence electrons. The number of rotatable bonds is 6. The minimum Gasteiger partial charge on any atom is -0.470 e. The number of benzene rings is 1. The third-order valence-corrected chi connectivity index (χ3v) is 7.36. The molecule has 2 fully saturated rings. The first-order valence-electron chi connectivity index (χ1n) is 12.8. The number of aliphatic hydroxyl groups excluding tert-OH is 2. The van der Waals surface area contributed by atoms with Crippen molar-refractivity contribution in [2.24, 2.45) is 4.99 Å². The van der Waals surface area contributed by atoms with Gasteiger partial charge in [-0.05, 0) is 23.6 Å². The van der Waals surface area contributed by atoms with E-state index in [1.165, 1.54) is 5.57 Å². The van der Waals surface area contributed by atoms with Gasteiger partial charge in [0.05, 0.1) is 29.9 Å². The number of hydrogen-bond donors (Lipinski definition) is 3. The summed E-state index contributed by atoms with van der Waals surface area (Å²) in [4.78, 5) is 25.8. The Morgan fingerprint density at radius 2 is 2.00 bits per heavy atom. The molecule has 5 heterocycles. The number of nitrogens with zero attached hydrogens (tertiary/aromatic N) is 3. The second-order valence-corrected chi connectivity index (χ2v) is 9.75. The molecular weight excluding hydrogens is 488 g/mol. The van der Waals surface area contributed by atoms with E-state index in [9.17, 15) is 9.90 Å². The number of nitrogens with one attached hydrogen (secondary N) is 1. The molecule has 3 N–H and O–H groups in total. The topological polar surface area (TPSA) is 130 Å². The highest BCUT2D eigenvalue weighted by atomic mass is 16.6. The third kappa shape index (κ3) is 4.60. The van der Waals surface area contributed by atoms with Gasteiger partial charge in [0.15, 0.2) is 12.0 Å². The Labute approximate surface area is 219 Å². The molecule has 0 aliphatic carbocycles. The number of carbonyl (C=O) groups excluding carboxylic acids is 1. The van der Waals surface area contributed by atoms with Gasteiger partial charge in [-0.25, -0.2) is 4.98 Å². The van der Waals surface area contributed by atoms with Gasteiger partial charge in [0.1, 0.15) is 24.9 Å². The largest absolute Gasteiger partial charge is 0.470 e. The highest BCUT2D eigenvalue weighted by Gasteiger charge is 2.48. The van der Waals surface area contributed by atoms with Crippen LogP contribution in [0.4, 0.5) is 0 Å². The summed E-state index contributed by atoms with van der Waals surface area (Å²) in [5.74, 6) is 0.323. The predicted octanol–water partition coefficient (Wildman–Crippen LogP) is 1.79. The zero-order chi connectivity index (χ0) is 26.2. The molecule has 0 unspecified atom stereocenters. The minimum absolute atomic E-state index is 0.244. The summed E-state index contributed by atoms with van der Waals surface area (Å²) >= 11 is 0. The normalized spacial score (nSPS) is 25.2. The first-order chi connectivity index (χ1) is 18.5. The number of H-pyrrole nitrogens is 1. The standard InChI is InChI=1S/C28H30N4O6/c1-29-12-19-10-20-21(11-24(30-20)38-23-15-37-27-22(34)14-36-28(23)27)31-26(19)18-4-2-16(3-5-18)17-6-8-32(9-7-17)25(35)13-33/h2-6,10-12,22-23,27-28,30,33-34H,7-9,13-15H2,1H3/t22-,23-,27-,28-/m1/s1. The van der Waals surface area contributed by atoms with Gasteiger partial charge in [0.25, 0.3) is 0 Å². The maximum Gasteiger partial charge on any atom is 0.248 e. The van der Waals surface area contributed by atoms with Crippen molar-refractivity contribution in [1.29, 1.82) is 0 Å². The van der Waals surface area contributed by atoms with E-state index < -0.39 is 12.7 Å². The average Bonchev–Trinajstić information content (AvgIpc) is 3.64. The van der Waals surface area contributed by atoms with Crippen LogP contribution in [0.2, 0.25) is 0 Å². The summed E-state index contributed by atoms with van der Waals surface area (Å²) in [6, 6.07) is 12.1. The molecule has 3 aliphatic rings. The number of pyridine rings is 1. The van der Waals surface area contributed by atoms with Gasteiger partial charge in [-0.15, -0.1) is 0 Å². The molecule has 4 atom stereocenters. The molecule has 0 radical (unpaired) electrons. The van der Waals surface area contributed by atoms with E-state index in [2.05, 4.69) is 22.1 Å². The van der Waals surface area contributed by atoms with Gasteiger partial charge in [-0.3, -0.25) is 9.79 Å². The maximum atomic E-state index is 11.7. The summed E-state index contributed by atoms with van der Waals surface area (Å²) in [7, 11) is 1.73. The zero-order valence-corrected chi connectivity index (χ0v) is 21.0. The summed E-state index contributed by atoms with van der Waals surface area (Å²) in [6.07, 6.45) is 3.00. The second-order valence-electron chi connectivity index (χ2n) is 9.75. The number of aliphatic hydroxyl groups is 2. The molecule has 6 rings (SSSR count). The molecule has 2 aromatic heterocycles. The van der Waals surface area contributed by atoms with Crippen LogP contribution in [0.5, 0.6) is 5.88 Å². The van der Waals surface area contributed by atoms with Crippen LogP contribution in [0.1, 0.15) is 17.5 Å². The highest BCUT2D eigenvalue weighted by molar-refractivity contribution is 5.95. The minimum atomic E-state index is -0.623. The van der Waals surface area contributed by atoms with Gasteiger partial charge in [-0.1, -0.05) is 30.3 Å². The van der Waals surface area contributed by atoms with Crippen LogP contribution in [0.3, 0.4) is 0 Å². The lowest BCUT2D eigenvalue weighted by molar-refractivity contribution is -0.133. The maximum absolute atomic E-state index is 11.7. The monoisotopic (exact) mass is 518 g/mol. The summed E-state index contributed by atoms with van der Waals surface area (Å²) in [5.41, 5.74) is 6.52. The van der Waals surface area contributed by atoms with Crippen molar-refractivity contribution in [3.05, 3.63) is 53.6 Å². The van der Waals surface area contributed by atoms with E-state index in [0.29, 0.717) is 25.6 Å². The van der Waals surface area contributed by atoms with E-state index >= 15 is 0 Å². The van der Waals surface area contributed by atoms with Crippen molar-refractivity contribution in [2.45, 2.75) is 30.8 Å². The summed E-state index contributed by atoms with van der Waals surface area (Å²) < 4.78 is 17.5. The molecule has 38 heavy (non-hydrogen) atoms. The average molecular weight is 519 g/mol. The Morgan fingerprint density at radius 3 is 2.74 bits per heavy atom. The summed E-state index contributed by atoms with van der Waals surface area (Å²) in [5, 5.41) is 19.1. The lowest BCUT2D eigenvalue weighted by atomic mass is 9.97. The fraction of sp³-hybridized carbons (Fsp3) is 0.393. The summed E-state index contributed by atoms with van der Waals surface area (Å²) in [6.45, 7) is 1.26. The van der Waals surface area contributed by atoms with Crippen molar-refractivity contribution in [1.82, 2.24) is 14.9 Å². The lowest BCUT2D eigenvalue weighted by Crippen LogP contribution is -2.36. The number of carbonyl (C=O) groups is 1. The predicted molar refractivity (Wildman–Crippen MR) is 141 cm³/mol. The number of hydrogen-bond acceptors (Lipinski definition) is 8. The van der Waals surface area contributed by atoms with Crippen molar-refractivity contribution in [2.75, 3.05) is 40.0 Å². The Kier molecular flexibility index (Phi) is 6.71. The molecule has 1 amide bonds. The molecule has 3 aromatic rings. The van der Waals surface area contributed by atoms with Crippen LogP contribution < -0.4 is 4.74 Å². The van der Waals surface area contributed by atoms with E-state index in [4.69, 9.17) is 24.3 Å². The Balaban J connectivity index is 1.24. The smallest absolute Gasteiger partial charge is 0.248 e. The third-order valence-electron chi connectivity index (χ3n) is 7.36. The fourth-order valence-corrected chi connectivity index (χ4v) is 5.39. The van der Waals surface area contributed by atoms with Gasteiger partial charge >= 0.3 is 0 Å². The van der Waals surface area contributed by atoms with E-state index in [1.807, 2.05) is 30.3 Å². The number of aromatic nitrogens is 2. The number of ether oxygens (including phenoxy) is 3. The van der Waals surface area contributed by atoms with Crippen LogP contribution in [0, 0.1) is 0 Å². The number of aliphatic imine (C=N–C) groups is 1. The first kappa shape index (κ1) is 24.7. The van der Waals surface area contributed by atoms with Crippen molar-refractivity contribution in [3.8, 4) is 17.1 Å². The molecule has 1 aromatic carbocycles. The van der Waals surface area contributed by atoms with Gasteiger partial charge in [0, 0.05) is 43.5 Å². The molecule has 0 saturated carbocycles. The Morgan fingerprint density at radius 1 is 1.21 bits per heavy atom. The Bertz CT molecular complexity index is 1400. The van der Waals surface area contributed by atoms with E-state index in [1.54, 1.807) is 18.2 Å². The van der Waals surface area contributed by atoms with Gasteiger partial charge < -0.3 is 34.3 Å². The highest BCUT2D eigenvalue weighted by Crippen LogP contribution is 2.32. The SMILES string of the molecule is CN=Cc1cc2[nH]c(O[C@@H]3CO[C@H]4[C@@H]3OC[C@H]4O)cc2nc1-c1ccc(C2=CCN(C(=O)CO)CC2)cc1. The van der Waals surface area contributed by atoms with Gasteiger partial charge in [0.2, 0.25) is 5.91 Å². The number of aromatic amines is 1. The zero-order valence-electron chi connectivity index (χ0n) is 21.0. The quantitative estimate of drug-likeness (QED) is 0.424. The van der Waals surface area contributed by atoms with Crippen molar-refractivity contribution in [3.63, 3.8) is 0 Å². The van der Waals surface area contributed by atoms with Crippen LogP contribution in [0.15, 0.2) is 47.5 Å². The molecule has 0 spiro atoms. The van der Waals surface area contributed by atoms with Gasteiger partial charge in [-0.2, -0.15) is 0 Å². The van der Waals surface area contributed by atoms with Crippen LogP contribution in [0.25, 0.3) is 27.9 Å². The molecule has 10 nitrogen and oxygen atoms in total. The number of fused-ring (bicyclic) bond motifs is 2. The Hall–Kier alpha value is -3.57. The lowest BCUT2D eigenvalue weighted by Gasteiger charge is -2.26.